The minimum absolute atomic E-state index is 0.00622. The molecule has 3 heterocycles. The van der Waals surface area contributed by atoms with Crippen molar-refractivity contribution in [1.82, 2.24) is 14.8 Å². The molecule has 0 saturated heterocycles. The van der Waals surface area contributed by atoms with Gasteiger partial charge in [0.05, 0.1) is 38.3 Å². The van der Waals surface area contributed by atoms with Gasteiger partial charge in [-0.25, -0.2) is 4.68 Å². The third kappa shape index (κ3) is 4.05. The predicted molar refractivity (Wildman–Crippen MR) is 110 cm³/mol. The number of carbonyl (C=O) groups excluding carboxylic acids is 1. The summed E-state index contributed by atoms with van der Waals surface area (Å²) in [6.45, 7) is 0. The van der Waals surface area contributed by atoms with Gasteiger partial charge in [0, 0.05) is 12.6 Å². The standard InChI is InChI=1S/C21H20F3N5O3/c1-31-16-6-5-12(8-17(16)32-2)15-9-18(21(22,23)24)29-19(28-15)14(11-26-29)20(30)27-13-4-3-7-25-10-13/h3-8,10-11,15,18,28H,9H2,1-2H3,(H,27,30)/t15-,18-/m1/s1. The molecule has 2 atom stereocenters. The number of hydrogen-bond donors (Lipinski definition) is 2. The second kappa shape index (κ2) is 8.40. The number of rotatable bonds is 5. The van der Waals surface area contributed by atoms with Crippen molar-refractivity contribution in [1.29, 1.82) is 0 Å². The van der Waals surface area contributed by atoms with Gasteiger partial charge in [-0.3, -0.25) is 9.78 Å². The van der Waals surface area contributed by atoms with E-state index >= 15 is 0 Å². The highest BCUT2D eigenvalue weighted by molar-refractivity contribution is 6.07. The van der Waals surface area contributed by atoms with Gasteiger partial charge < -0.3 is 20.1 Å². The molecule has 0 aliphatic carbocycles. The summed E-state index contributed by atoms with van der Waals surface area (Å²) in [4.78, 5) is 16.7. The molecular weight excluding hydrogens is 427 g/mol. The average molecular weight is 447 g/mol. The maximum absolute atomic E-state index is 13.9. The van der Waals surface area contributed by atoms with Crippen molar-refractivity contribution in [2.24, 2.45) is 0 Å². The smallest absolute Gasteiger partial charge is 0.410 e. The molecule has 2 N–H and O–H groups in total. The van der Waals surface area contributed by atoms with E-state index in [0.717, 1.165) is 10.9 Å². The fourth-order valence-electron chi connectivity index (χ4n) is 3.65. The summed E-state index contributed by atoms with van der Waals surface area (Å²) in [7, 11) is 2.92. The van der Waals surface area contributed by atoms with Crippen LogP contribution in [0.25, 0.3) is 0 Å². The zero-order chi connectivity index (χ0) is 22.9. The van der Waals surface area contributed by atoms with Crippen molar-refractivity contribution < 1.29 is 27.4 Å². The number of amides is 1. The Bertz CT molecular complexity index is 1120. The number of hydrogen-bond acceptors (Lipinski definition) is 6. The Morgan fingerprint density at radius 3 is 2.62 bits per heavy atom. The second-order valence-corrected chi connectivity index (χ2v) is 7.15. The molecule has 168 valence electrons. The van der Waals surface area contributed by atoms with Crippen LogP contribution in [0.3, 0.4) is 0 Å². The van der Waals surface area contributed by atoms with Gasteiger partial charge >= 0.3 is 6.18 Å². The topological polar surface area (TPSA) is 90.3 Å². The lowest BCUT2D eigenvalue weighted by atomic mass is 9.96. The molecule has 0 unspecified atom stereocenters. The third-order valence-electron chi connectivity index (χ3n) is 5.21. The summed E-state index contributed by atoms with van der Waals surface area (Å²) >= 11 is 0. The molecule has 8 nitrogen and oxygen atoms in total. The number of anilines is 2. The highest BCUT2D eigenvalue weighted by atomic mass is 19.4. The van der Waals surface area contributed by atoms with Crippen LogP contribution in [0.4, 0.5) is 24.7 Å². The Morgan fingerprint density at radius 2 is 1.97 bits per heavy atom. The Hall–Kier alpha value is -3.76. The fourth-order valence-corrected chi connectivity index (χ4v) is 3.65. The lowest BCUT2D eigenvalue weighted by Gasteiger charge is -2.34. The quantitative estimate of drug-likeness (QED) is 0.609. The van der Waals surface area contributed by atoms with E-state index in [4.69, 9.17) is 9.47 Å². The first-order chi connectivity index (χ1) is 15.3. The highest BCUT2D eigenvalue weighted by Gasteiger charge is 2.47. The summed E-state index contributed by atoms with van der Waals surface area (Å²) in [5.41, 5.74) is 0.966. The van der Waals surface area contributed by atoms with Gasteiger partial charge in [0.25, 0.3) is 5.91 Å². The Kier molecular flexibility index (Phi) is 5.64. The van der Waals surface area contributed by atoms with Crippen LogP contribution in [0.2, 0.25) is 0 Å². The Balaban J connectivity index is 1.70. The number of benzene rings is 1. The first-order valence-corrected chi connectivity index (χ1v) is 9.66. The minimum Gasteiger partial charge on any atom is -0.493 e. The van der Waals surface area contributed by atoms with Crippen LogP contribution in [0.1, 0.15) is 34.4 Å². The maximum Gasteiger partial charge on any atom is 0.410 e. The van der Waals surface area contributed by atoms with Gasteiger partial charge in [0.2, 0.25) is 0 Å². The molecule has 1 aliphatic heterocycles. The number of alkyl halides is 3. The zero-order valence-electron chi connectivity index (χ0n) is 17.2. The summed E-state index contributed by atoms with van der Waals surface area (Å²) in [5, 5.41) is 9.54. The molecule has 0 bridgehead atoms. The van der Waals surface area contributed by atoms with Gasteiger partial charge in [0.15, 0.2) is 17.5 Å². The van der Waals surface area contributed by atoms with Gasteiger partial charge in [-0.05, 0) is 29.8 Å². The van der Waals surface area contributed by atoms with Crippen LogP contribution in [0.15, 0.2) is 48.9 Å². The molecular formula is C21H20F3N5O3. The molecule has 4 rings (SSSR count). The number of aromatic nitrogens is 3. The van der Waals surface area contributed by atoms with Crippen molar-refractivity contribution in [2.45, 2.75) is 24.7 Å². The van der Waals surface area contributed by atoms with Crippen LogP contribution in [0, 0.1) is 0 Å². The first-order valence-electron chi connectivity index (χ1n) is 9.66. The molecule has 0 fully saturated rings. The fraction of sp³-hybridized carbons (Fsp3) is 0.286. The van der Waals surface area contributed by atoms with Crippen LogP contribution < -0.4 is 20.1 Å². The number of nitrogens with zero attached hydrogens (tertiary/aromatic N) is 3. The molecule has 11 heteroatoms. The van der Waals surface area contributed by atoms with Crippen LogP contribution >= 0.6 is 0 Å². The predicted octanol–water partition coefficient (Wildman–Crippen LogP) is 4.21. The number of methoxy groups -OCH3 is 2. The molecule has 0 saturated carbocycles. The molecule has 1 amide bonds. The number of halogens is 3. The maximum atomic E-state index is 13.9. The lowest BCUT2D eigenvalue weighted by Crippen LogP contribution is -2.36. The number of fused-ring (bicyclic) bond motifs is 1. The van der Waals surface area contributed by atoms with E-state index in [9.17, 15) is 18.0 Å². The van der Waals surface area contributed by atoms with E-state index in [2.05, 4.69) is 20.7 Å². The van der Waals surface area contributed by atoms with Crippen molar-refractivity contribution >= 4 is 17.4 Å². The molecule has 0 spiro atoms. The van der Waals surface area contributed by atoms with E-state index in [1.54, 1.807) is 36.5 Å². The summed E-state index contributed by atoms with van der Waals surface area (Å²) in [6.07, 6.45) is -0.761. The SMILES string of the molecule is COc1ccc([C@H]2C[C@H](C(F)(F)F)n3ncc(C(=O)Nc4cccnc4)c3N2)cc1OC. The summed E-state index contributed by atoms with van der Waals surface area (Å²) in [5.74, 6) is 0.241. The van der Waals surface area contributed by atoms with E-state index in [1.165, 1.54) is 20.4 Å². The Morgan fingerprint density at radius 1 is 1.19 bits per heavy atom. The van der Waals surface area contributed by atoms with Crippen LogP contribution in [0.5, 0.6) is 11.5 Å². The van der Waals surface area contributed by atoms with E-state index in [-0.39, 0.29) is 17.8 Å². The normalized spacial score (nSPS) is 17.8. The average Bonchev–Trinajstić information content (AvgIpc) is 3.22. The van der Waals surface area contributed by atoms with Gasteiger partial charge in [-0.2, -0.15) is 18.3 Å². The largest absolute Gasteiger partial charge is 0.493 e. The Labute approximate surface area is 181 Å². The summed E-state index contributed by atoms with van der Waals surface area (Å²) < 4.78 is 53.0. The van der Waals surface area contributed by atoms with E-state index < -0.39 is 24.2 Å². The van der Waals surface area contributed by atoms with Crippen molar-refractivity contribution in [3.05, 3.63) is 60.0 Å². The number of carbonyl (C=O) groups is 1. The highest BCUT2D eigenvalue weighted by Crippen LogP contribution is 2.45. The lowest BCUT2D eigenvalue weighted by molar-refractivity contribution is -0.173. The molecule has 2 aromatic heterocycles. The monoisotopic (exact) mass is 447 g/mol. The number of ether oxygens (including phenoxy) is 2. The van der Waals surface area contributed by atoms with Crippen molar-refractivity contribution in [3.8, 4) is 11.5 Å². The molecule has 1 aliphatic rings. The summed E-state index contributed by atoms with van der Waals surface area (Å²) in [6, 6.07) is 5.51. The van der Waals surface area contributed by atoms with Crippen molar-refractivity contribution in [2.75, 3.05) is 24.9 Å². The molecule has 3 aromatic rings. The van der Waals surface area contributed by atoms with E-state index in [1.807, 2.05) is 0 Å². The van der Waals surface area contributed by atoms with Crippen LogP contribution in [-0.2, 0) is 0 Å². The van der Waals surface area contributed by atoms with Crippen LogP contribution in [-0.4, -0.2) is 41.1 Å². The van der Waals surface area contributed by atoms with Gasteiger partial charge in [-0.15, -0.1) is 0 Å². The minimum atomic E-state index is -4.56. The molecule has 0 radical (unpaired) electrons. The number of nitrogens with one attached hydrogen (secondary N) is 2. The van der Waals surface area contributed by atoms with Crippen molar-refractivity contribution in [3.63, 3.8) is 0 Å². The second-order valence-electron chi connectivity index (χ2n) is 7.15. The zero-order valence-corrected chi connectivity index (χ0v) is 17.2. The third-order valence-corrected chi connectivity index (χ3v) is 5.21. The molecule has 32 heavy (non-hydrogen) atoms. The molecule has 1 aromatic carbocycles. The van der Waals surface area contributed by atoms with Gasteiger partial charge in [-0.1, -0.05) is 6.07 Å². The van der Waals surface area contributed by atoms with E-state index in [0.29, 0.717) is 22.7 Å². The van der Waals surface area contributed by atoms with Gasteiger partial charge in [0.1, 0.15) is 11.4 Å². The first kappa shape index (κ1) is 21.5. The number of pyridine rings is 1.